The van der Waals surface area contributed by atoms with Gasteiger partial charge >= 0.3 is 5.97 Å². The first-order valence-electron chi connectivity index (χ1n) is 18.2. The van der Waals surface area contributed by atoms with Gasteiger partial charge < -0.3 is 15.3 Å². The van der Waals surface area contributed by atoms with Crippen molar-refractivity contribution in [1.29, 1.82) is 0 Å². The molecule has 282 valence electrons. The van der Waals surface area contributed by atoms with Crippen molar-refractivity contribution < 1.29 is 23.1 Å². The molecule has 0 radical (unpaired) electrons. The highest BCUT2D eigenvalue weighted by Crippen LogP contribution is 2.60. The largest absolute Gasteiger partial charge is 0.481 e. The van der Waals surface area contributed by atoms with Crippen LogP contribution in [-0.4, -0.2) is 73.1 Å². The number of anilines is 4. The van der Waals surface area contributed by atoms with Crippen LogP contribution in [0.2, 0.25) is 0 Å². The Bertz CT molecular complexity index is 2310. The first kappa shape index (κ1) is 36.0. The normalized spacial score (nSPS) is 21.7. The summed E-state index contributed by atoms with van der Waals surface area (Å²) in [6, 6.07) is 9.04. The Morgan fingerprint density at radius 1 is 1.02 bits per heavy atom. The van der Waals surface area contributed by atoms with E-state index in [1.54, 1.807) is 36.5 Å². The number of amides is 1. The third-order valence-corrected chi connectivity index (χ3v) is 13.5. The number of carbonyl (C=O) groups is 2. The van der Waals surface area contributed by atoms with Crippen LogP contribution in [0.3, 0.4) is 0 Å². The lowest BCUT2D eigenvalue weighted by Gasteiger charge is -2.56. The summed E-state index contributed by atoms with van der Waals surface area (Å²) in [7, 11) is -2.43. The van der Waals surface area contributed by atoms with Gasteiger partial charge in [0, 0.05) is 43.0 Å². The van der Waals surface area contributed by atoms with E-state index in [4.69, 9.17) is 15.2 Å². The van der Waals surface area contributed by atoms with Crippen LogP contribution in [0.4, 0.5) is 22.6 Å². The molecule has 0 aromatic carbocycles. The smallest absolute Gasteiger partial charge is 0.303 e. The quantitative estimate of drug-likeness (QED) is 0.126. The molecule has 15 nitrogen and oxygen atoms in total. The summed E-state index contributed by atoms with van der Waals surface area (Å²) in [4.78, 5) is 41.0. The second kappa shape index (κ2) is 14.0. The van der Waals surface area contributed by atoms with Gasteiger partial charge in [-0.25, -0.2) is 28.1 Å². The van der Waals surface area contributed by atoms with Gasteiger partial charge in [-0.15, -0.1) is 10.2 Å². The number of aryl methyl sites for hydroxylation is 1. The van der Waals surface area contributed by atoms with Crippen molar-refractivity contribution in [1.82, 2.24) is 39.7 Å². The molecule has 0 aliphatic heterocycles. The van der Waals surface area contributed by atoms with Crippen LogP contribution in [-0.2, 0) is 21.4 Å². The molecule has 0 unspecified atom stereocenters. The number of pyridine rings is 2. The zero-order valence-electron chi connectivity index (χ0n) is 30.3. The van der Waals surface area contributed by atoms with Crippen molar-refractivity contribution in [3.05, 3.63) is 59.7 Å². The SMILES string of the molecule is Cc1cc(N(C)c2ccc(-c3cnn(CC45CC6CC(CC(C6)C4)C5)c3C)c(C(=O)NS(=O)(=O)CCCC(=O)O)n2)nnc1Nc1nc2cccnc2s1. The molecule has 4 bridgehead atoms. The van der Waals surface area contributed by atoms with E-state index in [1.807, 2.05) is 36.7 Å². The molecule has 17 heteroatoms. The number of thiazole rings is 1. The number of aliphatic carboxylic acids is 1. The average Bonchev–Trinajstić information content (AvgIpc) is 3.69. The second-order valence-electron chi connectivity index (χ2n) is 15.3. The van der Waals surface area contributed by atoms with Crippen LogP contribution in [0.25, 0.3) is 21.5 Å². The summed E-state index contributed by atoms with van der Waals surface area (Å²) in [5.41, 5.74) is 3.68. The van der Waals surface area contributed by atoms with Crippen molar-refractivity contribution in [2.24, 2.45) is 23.2 Å². The Hall–Kier alpha value is -5.03. The Balaban J connectivity index is 1.08. The zero-order valence-corrected chi connectivity index (χ0v) is 32.0. The van der Waals surface area contributed by atoms with Crippen molar-refractivity contribution in [3.63, 3.8) is 0 Å². The van der Waals surface area contributed by atoms with E-state index in [-0.39, 0.29) is 24.0 Å². The van der Waals surface area contributed by atoms with Crippen LogP contribution in [0.15, 0.2) is 42.7 Å². The van der Waals surface area contributed by atoms with Gasteiger partial charge in [0.1, 0.15) is 21.9 Å². The fraction of sp³-hybridized carbons (Fsp3) is 0.459. The van der Waals surface area contributed by atoms with E-state index in [0.29, 0.717) is 33.7 Å². The van der Waals surface area contributed by atoms with Gasteiger partial charge in [-0.2, -0.15) is 5.10 Å². The van der Waals surface area contributed by atoms with E-state index in [2.05, 4.69) is 30.2 Å². The number of hydrogen-bond donors (Lipinski definition) is 3. The molecular formula is C37H42N10O5S2. The number of carboxylic acid groups (broad SMARTS) is 1. The fourth-order valence-electron chi connectivity index (χ4n) is 9.15. The zero-order chi connectivity index (χ0) is 37.8. The number of hydrogen-bond acceptors (Lipinski definition) is 13. The number of fused-ring (bicyclic) bond motifs is 1. The molecule has 0 saturated heterocycles. The van der Waals surface area contributed by atoms with E-state index >= 15 is 0 Å². The summed E-state index contributed by atoms with van der Waals surface area (Å²) in [5.74, 6) is 1.12. The van der Waals surface area contributed by atoms with Crippen LogP contribution >= 0.6 is 11.3 Å². The fourth-order valence-corrected chi connectivity index (χ4v) is 11.0. The molecule has 3 N–H and O–H groups in total. The molecule has 4 aliphatic carbocycles. The summed E-state index contributed by atoms with van der Waals surface area (Å²) in [5, 5.41) is 26.5. The third kappa shape index (κ3) is 7.25. The Kier molecular flexibility index (Phi) is 9.32. The predicted molar refractivity (Wildman–Crippen MR) is 204 cm³/mol. The Labute approximate surface area is 316 Å². The maximum atomic E-state index is 13.9. The minimum atomic E-state index is -4.16. The molecule has 5 heterocycles. The summed E-state index contributed by atoms with van der Waals surface area (Å²) < 4.78 is 30.1. The predicted octanol–water partition coefficient (Wildman–Crippen LogP) is 6.01. The maximum absolute atomic E-state index is 13.9. The molecule has 0 atom stereocenters. The van der Waals surface area contributed by atoms with E-state index in [9.17, 15) is 18.0 Å². The highest BCUT2D eigenvalue weighted by Gasteiger charge is 2.51. The van der Waals surface area contributed by atoms with Crippen molar-refractivity contribution in [2.45, 2.75) is 71.8 Å². The Morgan fingerprint density at radius 3 is 2.44 bits per heavy atom. The van der Waals surface area contributed by atoms with Gasteiger partial charge in [0.15, 0.2) is 16.8 Å². The lowest BCUT2D eigenvalue weighted by Crippen LogP contribution is -2.48. The molecule has 5 aromatic rings. The van der Waals surface area contributed by atoms with Crippen LogP contribution < -0.4 is 14.9 Å². The van der Waals surface area contributed by atoms with E-state index in [0.717, 1.165) is 45.9 Å². The topological polar surface area (TPSA) is 198 Å². The molecule has 9 rings (SSSR count). The van der Waals surface area contributed by atoms with E-state index < -0.39 is 27.7 Å². The van der Waals surface area contributed by atoms with Crippen LogP contribution in [0.5, 0.6) is 0 Å². The average molecular weight is 771 g/mol. The molecule has 4 aliphatic rings. The van der Waals surface area contributed by atoms with Gasteiger partial charge in [-0.05, 0) is 118 Å². The lowest BCUT2D eigenvalue weighted by atomic mass is 9.49. The van der Waals surface area contributed by atoms with Gasteiger partial charge in [0.2, 0.25) is 10.0 Å². The first-order chi connectivity index (χ1) is 25.8. The van der Waals surface area contributed by atoms with Gasteiger partial charge in [0.05, 0.1) is 11.9 Å². The Morgan fingerprint density at radius 2 is 1.76 bits per heavy atom. The number of sulfonamides is 1. The summed E-state index contributed by atoms with van der Waals surface area (Å²) in [6.45, 7) is 4.68. The summed E-state index contributed by atoms with van der Waals surface area (Å²) >= 11 is 1.40. The molecular weight excluding hydrogens is 729 g/mol. The molecule has 4 saturated carbocycles. The monoisotopic (exact) mass is 770 g/mol. The number of carboxylic acids is 1. The number of rotatable bonds is 13. The molecule has 54 heavy (non-hydrogen) atoms. The minimum absolute atomic E-state index is 0.106. The number of nitrogens with zero attached hydrogens (tertiary/aromatic N) is 8. The maximum Gasteiger partial charge on any atom is 0.303 e. The third-order valence-electron chi connectivity index (χ3n) is 11.2. The van der Waals surface area contributed by atoms with Crippen LogP contribution in [0, 0.1) is 37.0 Å². The van der Waals surface area contributed by atoms with Gasteiger partial charge in [-0.3, -0.25) is 14.3 Å². The summed E-state index contributed by atoms with van der Waals surface area (Å²) in [6.07, 6.45) is 10.7. The van der Waals surface area contributed by atoms with E-state index in [1.165, 1.54) is 49.9 Å². The highest BCUT2D eigenvalue weighted by atomic mass is 32.2. The second-order valence-corrected chi connectivity index (χ2v) is 18.1. The van der Waals surface area contributed by atoms with Crippen molar-refractivity contribution in [2.75, 3.05) is 23.0 Å². The number of carbonyl (C=O) groups excluding carboxylic acids is 1. The standard InChI is InChI=1S/C37H42N10O5S2/c1-21-12-30(43-44-33(21)42-36-40-28-6-4-10-38-35(28)53-36)46(3)29-9-8-26(32(41-29)34(50)45-54(51,52)11-5-7-31(48)49)27-19-39-47(22(27)2)20-37-16-23-13-24(17-37)15-25(14-23)18-37/h4,6,8-10,12,19,23-25H,5,7,11,13-18,20H2,1-3H3,(H,45,50)(H,48,49)(H,40,42,44). The highest BCUT2D eigenvalue weighted by molar-refractivity contribution is 7.90. The minimum Gasteiger partial charge on any atom is -0.481 e. The molecule has 1 amide bonds. The van der Waals surface area contributed by atoms with Gasteiger partial charge in [-0.1, -0.05) is 11.3 Å². The lowest BCUT2D eigenvalue weighted by molar-refractivity contribution is -0.137. The first-order valence-corrected chi connectivity index (χ1v) is 20.7. The van der Waals surface area contributed by atoms with Gasteiger partial charge in [0.25, 0.3) is 5.91 Å². The molecule has 4 fully saturated rings. The molecule has 5 aromatic heterocycles. The number of aromatic nitrogens is 7. The molecule has 0 spiro atoms. The number of nitrogens with one attached hydrogen (secondary N) is 2. The van der Waals surface area contributed by atoms with Crippen molar-refractivity contribution in [3.8, 4) is 11.1 Å². The van der Waals surface area contributed by atoms with Crippen LogP contribution in [0.1, 0.15) is 73.1 Å². The van der Waals surface area contributed by atoms with Crippen molar-refractivity contribution >= 4 is 66.2 Å².